The number of nitrogens with one attached hydrogen (secondary N) is 3. The highest BCUT2D eigenvalue weighted by atomic mass is 127. The Hall–Kier alpha value is -2.35. The van der Waals surface area contributed by atoms with Gasteiger partial charge in [0.1, 0.15) is 0 Å². The minimum Gasteiger partial charge on any atom is -0.326 e. The molecular formula is C19H20IN3O2. The molecule has 6 heteroatoms. The summed E-state index contributed by atoms with van der Waals surface area (Å²) in [5.41, 5.74) is 7.65. The van der Waals surface area contributed by atoms with Crippen LogP contribution >= 0.6 is 22.6 Å². The van der Waals surface area contributed by atoms with Crippen molar-refractivity contribution < 1.29 is 9.59 Å². The normalized spacial score (nSPS) is 9.96. The molecule has 5 nitrogen and oxygen atoms in total. The zero-order valence-electron chi connectivity index (χ0n) is 13.7. The van der Waals surface area contributed by atoms with E-state index in [2.05, 4.69) is 45.3 Å². The molecule has 3 N–H and O–H groups in total. The Morgan fingerprint density at radius 2 is 1.52 bits per heavy atom. The van der Waals surface area contributed by atoms with Gasteiger partial charge >= 0.3 is 0 Å². The van der Waals surface area contributed by atoms with E-state index in [0.717, 1.165) is 14.8 Å². The Bertz CT molecular complexity index is 730. The lowest BCUT2D eigenvalue weighted by molar-refractivity contribution is -0.122. The van der Waals surface area contributed by atoms with Gasteiger partial charge in [0.15, 0.2) is 0 Å². The molecule has 0 heterocycles. The number of anilines is 1. The van der Waals surface area contributed by atoms with Crippen molar-refractivity contribution in [2.75, 3.05) is 5.32 Å². The number of benzene rings is 2. The minimum atomic E-state index is -0.181. The number of rotatable bonds is 8. The minimum absolute atomic E-state index is 0.101. The zero-order chi connectivity index (χ0) is 18.1. The highest BCUT2D eigenvalue weighted by Crippen LogP contribution is 2.12. The summed E-state index contributed by atoms with van der Waals surface area (Å²) >= 11 is 2.21. The van der Waals surface area contributed by atoms with Crippen molar-refractivity contribution >= 4 is 45.8 Å². The van der Waals surface area contributed by atoms with Crippen molar-refractivity contribution in [3.8, 4) is 0 Å². The molecule has 0 aromatic heterocycles. The molecule has 0 saturated carbocycles. The predicted molar refractivity (Wildman–Crippen MR) is 108 cm³/mol. The van der Waals surface area contributed by atoms with Gasteiger partial charge in [0.2, 0.25) is 11.8 Å². The quantitative estimate of drug-likeness (QED) is 0.426. The summed E-state index contributed by atoms with van der Waals surface area (Å²) in [5.74, 6) is -0.283. The molecule has 0 unspecified atom stereocenters. The van der Waals surface area contributed by atoms with E-state index in [1.165, 1.54) is 0 Å². The molecule has 0 fully saturated rings. The standard InChI is InChI=1S/C19H20IN3O2/c1-14(15-6-3-2-4-7-15)22-23-19(25)9-5-8-18(24)21-17-12-10-16(20)11-13-17/h2-4,6-7,10-13,22H,1,5,8-9H2,(H,21,24)(H,23,25). The van der Waals surface area contributed by atoms with Crippen LogP contribution in [0.1, 0.15) is 24.8 Å². The molecule has 2 amide bonds. The fourth-order valence-corrected chi connectivity index (χ4v) is 2.44. The van der Waals surface area contributed by atoms with Gasteiger partial charge in [-0.05, 0) is 58.8 Å². The van der Waals surface area contributed by atoms with E-state index in [1.807, 2.05) is 54.6 Å². The van der Waals surface area contributed by atoms with Crippen molar-refractivity contribution in [1.29, 1.82) is 0 Å². The SMILES string of the molecule is C=C(NNC(=O)CCCC(=O)Nc1ccc(I)cc1)c1ccccc1. The number of hydrogen-bond acceptors (Lipinski definition) is 3. The molecule has 0 aliphatic rings. The van der Waals surface area contributed by atoms with E-state index in [1.54, 1.807) is 0 Å². The van der Waals surface area contributed by atoms with Crippen LogP contribution in [0.5, 0.6) is 0 Å². The van der Waals surface area contributed by atoms with Gasteiger partial charge in [-0.1, -0.05) is 36.9 Å². The molecule has 0 bridgehead atoms. The molecule has 0 atom stereocenters. The summed E-state index contributed by atoms with van der Waals surface area (Å²) in [6.07, 6.45) is 1.02. The first kappa shape index (κ1) is 19.0. The lowest BCUT2D eigenvalue weighted by Gasteiger charge is -2.11. The van der Waals surface area contributed by atoms with Gasteiger partial charge in [-0.15, -0.1) is 0 Å². The summed E-state index contributed by atoms with van der Waals surface area (Å²) in [6, 6.07) is 17.1. The van der Waals surface area contributed by atoms with Crippen LogP contribution in [0.25, 0.3) is 5.70 Å². The second-order valence-electron chi connectivity index (χ2n) is 5.43. The Labute approximate surface area is 161 Å². The fourth-order valence-electron chi connectivity index (χ4n) is 2.09. The molecule has 0 aliphatic carbocycles. The number of amides is 2. The van der Waals surface area contributed by atoms with Gasteiger partial charge in [0.05, 0.1) is 5.70 Å². The molecule has 2 rings (SSSR count). The molecule has 0 radical (unpaired) electrons. The maximum atomic E-state index is 11.9. The first-order valence-electron chi connectivity index (χ1n) is 7.89. The maximum Gasteiger partial charge on any atom is 0.238 e. The van der Waals surface area contributed by atoms with Crippen molar-refractivity contribution in [2.45, 2.75) is 19.3 Å². The van der Waals surface area contributed by atoms with Gasteiger partial charge in [-0.25, -0.2) is 0 Å². The Kier molecular flexibility index (Phi) is 7.46. The molecule has 0 spiro atoms. The van der Waals surface area contributed by atoms with Gasteiger partial charge in [0, 0.05) is 22.1 Å². The predicted octanol–water partition coefficient (Wildman–Crippen LogP) is 3.69. The van der Waals surface area contributed by atoms with E-state index in [-0.39, 0.29) is 18.2 Å². The third kappa shape index (κ3) is 6.96. The highest BCUT2D eigenvalue weighted by Gasteiger charge is 2.06. The van der Waals surface area contributed by atoms with Crippen molar-refractivity contribution in [3.63, 3.8) is 0 Å². The highest BCUT2D eigenvalue weighted by molar-refractivity contribution is 14.1. The Morgan fingerprint density at radius 3 is 2.20 bits per heavy atom. The largest absolute Gasteiger partial charge is 0.326 e. The molecule has 2 aromatic rings. The van der Waals surface area contributed by atoms with Crippen LogP contribution < -0.4 is 16.2 Å². The third-order valence-electron chi connectivity index (χ3n) is 3.41. The second-order valence-corrected chi connectivity index (χ2v) is 6.67. The monoisotopic (exact) mass is 449 g/mol. The van der Waals surface area contributed by atoms with Crippen molar-refractivity contribution in [2.24, 2.45) is 0 Å². The van der Waals surface area contributed by atoms with Crippen LogP contribution in [-0.4, -0.2) is 11.8 Å². The lowest BCUT2D eigenvalue weighted by Crippen LogP contribution is -2.35. The van der Waals surface area contributed by atoms with E-state index >= 15 is 0 Å². The van der Waals surface area contributed by atoms with Gasteiger partial charge < -0.3 is 5.32 Å². The molecule has 0 aliphatic heterocycles. The first-order valence-corrected chi connectivity index (χ1v) is 8.97. The lowest BCUT2D eigenvalue weighted by atomic mass is 10.2. The van der Waals surface area contributed by atoms with Crippen LogP contribution in [0.2, 0.25) is 0 Å². The summed E-state index contributed by atoms with van der Waals surface area (Å²) in [6.45, 7) is 3.87. The molecule has 2 aromatic carbocycles. The third-order valence-corrected chi connectivity index (χ3v) is 4.13. The Balaban J connectivity index is 1.64. The maximum absolute atomic E-state index is 11.9. The van der Waals surface area contributed by atoms with Crippen LogP contribution in [0, 0.1) is 3.57 Å². The van der Waals surface area contributed by atoms with Crippen LogP contribution in [-0.2, 0) is 9.59 Å². The van der Waals surface area contributed by atoms with Crippen molar-refractivity contribution in [3.05, 3.63) is 70.3 Å². The summed E-state index contributed by atoms with van der Waals surface area (Å²) < 4.78 is 1.11. The van der Waals surface area contributed by atoms with E-state index in [4.69, 9.17) is 0 Å². The molecular weight excluding hydrogens is 429 g/mol. The van der Waals surface area contributed by atoms with Crippen LogP contribution in [0.4, 0.5) is 5.69 Å². The second kappa shape index (κ2) is 9.83. The number of carbonyl (C=O) groups is 2. The average Bonchev–Trinajstić information content (AvgIpc) is 2.62. The van der Waals surface area contributed by atoms with E-state index in [0.29, 0.717) is 18.5 Å². The average molecular weight is 449 g/mol. The van der Waals surface area contributed by atoms with Gasteiger partial charge in [-0.2, -0.15) is 0 Å². The van der Waals surface area contributed by atoms with Gasteiger partial charge in [0.25, 0.3) is 0 Å². The topological polar surface area (TPSA) is 70.2 Å². The molecule has 25 heavy (non-hydrogen) atoms. The summed E-state index contributed by atoms with van der Waals surface area (Å²) in [7, 11) is 0. The smallest absolute Gasteiger partial charge is 0.238 e. The number of hydrogen-bond donors (Lipinski definition) is 3. The number of carbonyl (C=O) groups excluding carboxylic acids is 2. The van der Waals surface area contributed by atoms with Crippen LogP contribution in [0.3, 0.4) is 0 Å². The first-order chi connectivity index (χ1) is 12.0. The van der Waals surface area contributed by atoms with Crippen LogP contribution in [0.15, 0.2) is 61.2 Å². The van der Waals surface area contributed by atoms with Gasteiger partial charge in [-0.3, -0.25) is 20.4 Å². The Morgan fingerprint density at radius 1 is 0.880 bits per heavy atom. The number of hydrazine groups is 1. The summed E-state index contributed by atoms with van der Waals surface area (Å²) in [4.78, 5) is 23.7. The molecule has 0 saturated heterocycles. The van der Waals surface area contributed by atoms with E-state index < -0.39 is 0 Å². The summed E-state index contributed by atoms with van der Waals surface area (Å²) in [5, 5.41) is 2.81. The zero-order valence-corrected chi connectivity index (χ0v) is 15.9. The van der Waals surface area contributed by atoms with E-state index in [9.17, 15) is 9.59 Å². The number of halogens is 1. The van der Waals surface area contributed by atoms with Crippen molar-refractivity contribution in [1.82, 2.24) is 10.9 Å². The fraction of sp³-hybridized carbons (Fsp3) is 0.158. The molecule has 130 valence electrons.